The molecule has 4 rings (SSSR count). The van der Waals surface area contributed by atoms with Gasteiger partial charge in [0.15, 0.2) is 0 Å². The van der Waals surface area contributed by atoms with E-state index in [1.165, 1.54) is 6.42 Å². The summed E-state index contributed by atoms with van der Waals surface area (Å²) in [6.07, 6.45) is 5.15. The van der Waals surface area contributed by atoms with E-state index >= 15 is 0 Å². The number of nitrogens with zero attached hydrogens (tertiary/aromatic N) is 3. The first kappa shape index (κ1) is 16.5. The summed E-state index contributed by atoms with van der Waals surface area (Å²) in [5.41, 5.74) is 1.13. The molecule has 4 heterocycles. The van der Waals surface area contributed by atoms with Crippen LogP contribution in [-0.2, 0) is 16.1 Å². The first-order chi connectivity index (χ1) is 11.6. The molecule has 0 aliphatic carbocycles. The van der Waals surface area contributed by atoms with Crippen molar-refractivity contribution in [3.05, 3.63) is 16.1 Å². The number of hydrogen-bond donors (Lipinski definition) is 0. The molecule has 1 aromatic heterocycles. The monoisotopic (exact) mass is 349 g/mol. The summed E-state index contributed by atoms with van der Waals surface area (Å²) in [5, 5.41) is 3.18. The molecule has 3 aliphatic heterocycles. The third kappa shape index (κ3) is 3.24. The number of aryl methyl sites for hydroxylation is 1. The van der Waals surface area contributed by atoms with Gasteiger partial charge < -0.3 is 14.5 Å². The normalized spacial score (nSPS) is 27.5. The van der Waals surface area contributed by atoms with Crippen LogP contribution < -0.4 is 0 Å². The Kier molecular flexibility index (Phi) is 4.62. The maximum atomic E-state index is 12.5. The Hall–Kier alpha value is -0.980. The number of rotatable bonds is 4. The number of likely N-dealkylation sites (tertiary alicyclic amines) is 2. The summed E-state index contributed by atoms with van der Waals surface area (Å²) in [6.45, 7) is 7.95. The molecule has 1 atom stereocenters. The molecule has 1 amide bonds. The summed E-state index contributed by atoms with van der Waals surface area (Å²) in [7, 11) is 0. The van der Waals surface area contributed by atoms with Gasteiger partial charge in [0.2, 0.25) is 5.91 Å². The molecule has 3 fully saturated rings. The van der Waals surface area contributed by atoms with Crippen molar-refractivity contribution >= 4 is 17.2 Å². The number of carbonyl (C=O) groups excluding carboxylic acids is 1. The minimum Gasteiger partial charge on any atom is -0.381 e. The fraction of sp³-hybridized carbons (Fsp3) is 0.778. The topological polar surface area (TPSA) is 45.7 Å². The highest BCUT2D eigenvalue weighted by Gasteiger charge is 2.47. The largest absolute Gasteiger partial charge is 0.381 e. The zero-order valence-electron chi connectivity index (χ0n) is 14.5. The highest BCUT2D eigenvalue weighted by Crippen LogP contribution is 2.40. The number of aromatic nitrogens is 1. The number of carbonyl (C=O) groups is 1. The second-order valence-electron chi connectivity index (χ2n) is 7.59. The van der Waals surface area contributed by atoms with Gasteiger partial charge in [0.1, 0.15) is 0 Å². The van der Waals surface area contributed by atoms with Gasteiger partial charge in [-0.2, -0.15) is 0 Å². The lowest BCUT2D eigenvalue weighted by Crippen LogP contribution is -2.53. The lowest BCUT2D eigenvalue weighted by molar-refractivity contribution is -0.133. The van der Waals surface area contributed by atoms with Gasteiger partial charge in [-0.1, -0.05) is 0 Å². The summed E-state index contributed by atoms with van der Waals surface area (Å²) in [4.78, 5) is 21.8. The maximum absolute atomic E-state index is 12.5. The fourth-order valence-electron chi connectivity index (χ4n) is 4.54. The van der Waals surface area contributed by atoms with Gasteiger partial charge in [-0.3, -0.25) is 4.79 Å². The highest BCUT2D eigenvalue weighted by atomic mass is 32.1. The van der Waals surface area contributed by atoms with E-state index in [-0.39, 0.29) is 5.54 Å². The predicted molar refractivity (Wildman–Crippen MR) is 94.0 cm³/mol. The molecular formula is C18H27N3O2S. The molecule has 3 aliphatic rings. The van der Waals surface area contributed by atoms with E-state index in [1.807, 2.05) is 6.92 Å². The minimum absolute atomic E-state index is 0.0806. The summed E-state index contributed by atoms with van der Waals surface area (Å²) in [5.74, 6) is 1.02. The molecule has 0 N–H and O–H groups in total. The van der Waals surface area contributed by atoms with Gasteiger partial charge >= 0.3 is 0 Å². The Balaban J connectivity index is 1.39. The van der Waals surface area contributed by atoms with E-state index in [2.05, 4.69) is 20.2 Å². The van der Waals surface area contributed by atoms with Crippen molar-refractivity contribution in [2.24, 2.45) is 5.92 Å². The smallest absolute Gasteiger partial charge is 0.223 e. The van der Waals surface area contributed by atoms with E-state index < -0.39 is 0 Å². The average Bonchev–Trinajstić information content (AvgIpc) is 3.29. The zero-order chi connectivity index (χ0) is 16.6. The fourth-order valence-corrected chi connectivity index (χ4v) is 5.14. The lowest BCUT2D eigenvalue weighted by atomic mass is 9.84. The Bertz CT molecular complexity index is 589. The Morgan fingerprint density at radius 2 is 2.21 bits per heavy atom. The zero-order valence-corrected chi connectivity index (χ0v) is 15.3. The molecule has 1 spiro atoms. The van der Waals surface area contributed by atoms with Crippen LogP contribution in [0.3, 0.4) is 0 Å². The van der Waals surface area contributed by atoms with Crippen LogP contribution >= 0.6 is 11.3 Å². The number of ether oxygens (including phenoxy) is 1. The SMILES string of the molecule is Cc1nc(CN2C(=O)CCC23CCN(CC2CCOC2)CC3)cs1. The van der Waals surface area contributed by atoms with Gasteiger partial charge in [0.05, 0.1) is 23.9 Å². The summed E-state index contributed by atoms with van der Waals surface area (Å²) in [6, 6.07) is 0. The molecule has 0 saturated carbocycles. The first-order valence-electron chi connectivity index (χ1n) is 9.16. The maximum Gasteiger partial charge on any atom is 0.223 e. The Labute approximate surface area is 148 Å². The van der Waals surface area contributed by atoms with E-state index in [9.17, 15) is 4.79 Å². The van der Waals surface area contributed by atoms with Crippen molar-refractivity contribution in [2.75, 3.05) is 32.8 Å². The van der Waals surface area contributed by atoms with Crippen molar-refractivity contribution in [3.8, 4) is 0 Å². The van der Waals surface area contributed by atoms with Crippen molar-refractivity contribution < 1.29 is 9.53 Å². The molecule has 1 aromatic rings. The third-order valence-corrected chi connectivity index (χ3v) is 6.81. The molecule has 24 heavy (non-hydrogen) atoms. The van der Waals surface area contributed by atoms with E-state index in [4.69, 9.17) is 4.74 Å². The van der Waals surface area contributed by atoms with E-state index in [1.54, 1.807) is 11.3 Å². The predicted octanol–water partition coefficient (Wildman–Crippen LogP) is 2.45. The van der Waals surface area contributed by atoms with Crippen LogP contribution in [0.25, 0.3) is 0 Å². The van der Waals surface area contributed by atoms with Crippen LogP contribution in [0.1, 0.15) is 42.8 Å². The first-order valence-corrected chi connectivity index (χ1v) is 10.0. The van der Waals surface area contributed by atoms with Gasteiger partial charge in [-0.15, -0.1) is 11.3 Å². The van der Waals surface area contributed by atoms with Crippen molar-refractivity contribution in [1.29, 1.82) is 0 Å². The van der Waals surface area contributed by atoms with Crippen molar-refractivity contribution in [3.63, 3.8) is 0 Å². The van der Waals surface area contributed by atoms with Crippen LogP contribution in [0.2, 0.25) is 0 Å². The van der Waals surface area contributed by atoms with Crippen molar-refractivity contribution in [2.45, 2.75) is 51.1 Å². The van der Waals surface area contributed by atoms with Gasteiger partial charge in [0, 0.05) is 43.6 Å². The molecular weight excluding hydrogens is 322 g/mol. The molecule has 0 bridgehead atoms. The van der Waals surface area contributed by atoms with E-state index in [0.717, 1.165) is 62.8 Å². The van der Waals surface area contributed by atoms with Gasteiger partial charge in [-0.25, -0.2) is 4.98 Å². The average molecular weight is 350 g/mol. The number of amides is 1. The van der Waals surface area contributed by atoms with Crippen LogP contribution in [0, 0.1) is 12.8 Å². The second-order valence-corrected chi connectivity index (χ2v) is 8.65. The van der Waals surface area contributed by atoms with Crippen LogP contribution in [-0.4, -0.2) is 59.1 Å². The number of hydrogen-bond acceptors (Lipinski definition) is 5. The van der Waals surface area contributed by atoms with E-state index in [0.29, 0.717) is 24.8 Å². The highest BCUT2D eigenvalue weighted by molar-refractivity contribution is 7.09. The van der Waals surface area contributed by atoms with Gasteiger partial charge in [0.25, 0.3) is 0 Å². The molecule has 5 nitrogen and oxygen atoms in total. The standard InChI is InChI=1S/C18H27N3O2S/c1-14-19-16(13-24-14)11-21-17(22)2-4-18(21)5-7-20(8-6-18)10-15-3-9-23-12-15/h13,15H,2-12H2,1H3. The van der Waals surface area contributed by atoms with Crippen LogP contribution in [0.15, 0.2) is 5.38 Å². The molecule has 1 unspecified atom stereocenters. The quantitative estimate of drug-likeness (QED) is 0.838. The Morgan fingerprint density at radius 1 is 1.38 bits per heavy atom. The molecule has 0 aromatic carbocycles. The summed E-state index contributed by atoms with van der Waals surface area (Å²) < 4.78 is 5.51. The molecule has 132 valence electrons. The van der Waals surface area contributed by atoms with Crippen LogP contribution in [0.5, 0.6) is 0 Å². The number of piperidine rings is 1. The second kappa shape index (κ2) is 6.73. The minimum atomic E-state index is 0.0806. The van der Waals surface area contributed by atoms with Gasteiger partial charge in [-0.05, 0) is 38.5 Å². The molecule has 6 heteroatoms. The van der Waals surface area contributed by atoms with Crippen LogP contribution in [0.4, 0.5) is 0 Å². The summed E-state index contributed by atoms with van der Waals surface area (Å²) >= 11 is 1.67. The Morgan fingerprint density at radius 3 is 2.88 bits per heavy atom. The number of thiazole rings is 1. The van der Waals surface area contributed by atoms with Crippen molar-refractivity contribution in [1.82, 2.24) is 14.8 Å². The third-order valence-electron chi connectivity index (χ3n) is 5.99. The molecule has 0 radical (unpaired) electrons. The lowest BCUT2D eigenvalue weighted by Gasteiger charge is -2.45. The molecule has 3 saturated heterocycles.